The summed E-state index contributed by atoms with van der Waals surface area (Å²) in [7, 11) is 0. The largest absolute Gasteiger partial charge is 0.507 e. The molecule has 5 rings (SSSR count). The highest BCUT2D eigenvalue weighted by Crippen LogP contribution is 2.40. The summed E-state index contributed by atoms with van der Waals surface area (Å²) >= 11 is 0. The molecule has 0 aliphatic rings. The van der Waals surface area contributed by atoms with Crippen molar-refractivity contribution in [2.24, 2.45) is 0 Å². The molecule has 118 valence electrons. The van der Waals surface area contributed by atoms with E-state index < -0.39 is 0 Å². The SMILES string of the molecule is Oc1ccc2cc3ccccc3cc2c1-c1cccc2ccccc12. The van der Waals surface area contributed by atoms with Gasteiger partial charge in [-0.05, 0) is 56.1 Å². The van der Waals surface area contributed by atoms with Gasteiger partial charge in [0.2, 0.25) is 0 Å². The van der Waals surface area contributed by atoms with E-state index in [1.807, 2.05) is 18.2 Å². The second-order valence-corrected chi connectivity index (χ2v) is 6.41. The lowest BCUT2D eigenvalue weighted by atomic mass is 9.92. The van der Waals surface area contributed by atoms with Crippen molar-refractivity contribution in [3.05, 3.63) is 91.0 Å². The molecule has 0 aromatic heterocycles. The molecule has 0 aliphatic carbocycles. The summed E-state index contributed by atoms with van der Waals surface area (Å²) in [5, 5.41) is 17.6. The maximum Gasteiger partial charge on any atom is 0.124 e. The number of fused-ring (bicyclic) bond motifs is 3. The molecule has 1 nitrogen and oxygen atoms in total. The second kappa shape index (κ2) is 5.35. The standard InChI is InChI=1S/C24H16O/c25-23-13-12-19-14-17-7-1-2-8-18(17)15-22(19)24(23)21-11-5-9-16-6-3-4-10-20(16)21/h1-15,25H. The predicted molar refractivity (Wildman–Crippen MR) is 106 cm³/mol. The first-order valence-electron chi connectivity index (χ1n) is 8.44. The minimum absolute atomic E-state index is 0.319. The van der Waals surface area contributed by atoms with Gasteiger partial charge in [0, 0.05) is 5.56 Å². The van der Waals surface area contributed by atoms with Gasteiger partial charge in [0.1, 0.15) is 5.75 Å². The van der Waals surface area contributed by atoms with Gasteiger partial charge in [0.25, 0.3) is 0 Å². The van der Waals surface area contributed by atoms with E-state index in [9.17, 15) is 5.11 Å². The fourth-order valence-electron chi connectivity index (χ4n) is 3.73. The maximum absolute atomic E-state index is 10.7. The van der Waals surface area contributed by atoms with Gasteiger partial charge >= 0.3 is 0 Å². The van der Waals surface area contributed by atoms with E-state index in [0.29, 0.717) is 5.75 Å². The van der Waals surface area contributed by atoms with Crippen LogP contribution in [0.15, 0.2) is 91.0 Å². The van der Waals surface area contributed by atoms with Crippen LogP contribution in [-0.2, 0) is 0 Å². The Bertz CT molecular complexity index is 1250. The summed E-state index contributed by atoms with van der Waals surface area (Å²) in [6.07, 6.45) is 0. The molecular weight excluding hydrogens is 304 g/mol. The van der Waals surface area contributed by atoms with Crippen LogP contribution in [0.2, 0.25) is 0 Å². The smallest absolute Gasteiger partial charge is 0.124 e. The summed E-state index contributed by atoms with van der Waals surface area (Å²) < 4.78 is 0. The van der Waals surface area contributed by atoms with Gasteiger partial charge in [0.15, 0.2) is 0 Å². The van der Waals surface area contributed by atoms with Crippen molar-refractivity contribution in [3.8, 4) is 16.9 Å². The van der Waals surface area contributed by atoms with Crippen LogP contribution < -0.4 is 0 Å². The number of phenols is 1. The number of hydrogen-bond donors (Lipinski definition) is 1. The maximum atomic E-state index is 10.7. The quantitative estimate of drug-likeness (QED) is 0.349. The molecule has 0 atom stereocenters. The number of aromatic hydroxyl groups is 1. The van der Waals surface area contributed by atoms with Crippen LogP contribution in [0.4, 0.5) is 0 Å². The van der Waals surface area contributed by atoms with Gasteiger partial charge in [-0.15, -0.1) is 0 Å². The zero-order valence-corrected chi connectivity index (χ0v) is 13.6. The van der Waals surface area contributed by atoms with Crippen molar-refractivity contribution in [3.63, 3.8) is 0 Å². The molecule has 5 aromatic rings. The Hall–Kier alpha value is -3.32. The van der Waals surface area contributed by atoms with Gasteiger partial charge in [-0.2, -0.15) is 0 Å². The zero-order valence-electron chi connectivity index (χ0n) is 13.6. The van der Waals surface area contributed by atoms with Gasteiger partial charge in [-0.1, -0.05) is 72.8 Å². The Morgan fingerprint density at radius 2 is 1.16 bits per heavy atom. The topological polar surface area (TPSA) is 20.2 Å². The van der Waals surface area contributed by atoms with E-state index in [1.54, 1.807) is 6.07 Å². The van der Waals surface area contributed by atoms with E-state index in [0.717, 1.165) is 27.3 Å². The molecule has 0 saturated heterocycles. The van der Waals surface area contributed by atoms with Crippen LogP contribution in [0, 0.1) is 0 Å². The van der Waals surface area contributed by atoms with Crippen molar-refractivity contribution in [1.29, 1.82) is 0 Å². The van der Waals surface area contributed by atoms with Crippen LogP contribution in [0.1, 0.15) is 0 Å². The monoisotopic (exact) mass is 320 g/mol. The molecule has 0 fully saturated rings. The number of hydrogen-bond acceptors (Lipinski definition) is 1. The first-order valence-corrected chi connectivity index (χ1v) is 8.44. The third kappa shape index (κ3) is 2.17. The predicted octanol–water partition coefficient (Wildman–Crippen LogP) is 6.52. The fourth-order valence-corrected chi connectivity index (χ4v) is 3.73. The molecule has 0 saturated carbocycles. The van der Waals surface area contributed by atoms with E-state index in [4.69, 9.17) is 0 Å². The zero-order chi connectivity index (χ0) is 16.8. The van der Waals surface area contributed by atoms with Gasteiger partial charge in [-0.25, -0.2) is 0 Å². The molecule has 0 heterocycles. The van der Waals surface area contributed by atoms with Crippen molar-refractivity contribution in [2.75, 3.05) is 0 Å². The van der Waals surface area contributed by atoms with Gasteiger partial charge < -0.3 is 5.11 Å². The van der Waals surface area contributed by atoms with E-state index >= 15 is 0 Å². The Labute approximate surface area is 145 Å². The van der Waals surface area contributed by atoms with E-state index in [2.05, 4.69) is 66.7 Å². The average molecular weight is 320 g/mol. The first-order chi connectivity index (χ1) is 12.3. The summed E-state index contributed by atoms with van der Waals surface area (Å²) in [6, 6.07) is 31.1. The third-order valence-electron chi connectivity index (χ3n) is 4.92. The Morgan fingerprint density at radius 1 is 0.480 bits per heavy atom. The van der Waals surface area contributed by atoms with Gasteiger partial charge in [0.05, 0.1) is 0 Å². The van der Waals surface area contributed by atoms with Gasteiger partial charge in [-0.3, -0.25) is 0 Å². The molecule has 25 heavy (non-hydrogen) atoms. The Balaban J connectivity index is 1.94. The number of rotatable bonds is 1. The second-order valence-electron chi connectivity index (χ2n) is 6.41. The van der Waals surface area contributed by atoms with Crippen LogP contribution >= 0.6 is 0 Å². The number of benzene rings is 5. The summed E-state index contributed by atoms with van der Waals surface area (Å²) in [5.41, 5.74) is 1.97. The molecular formula is C24H16O. The Morgan fingerprint density at radius 3 is 2.00 bits per heavy atom. The van der Waals surface area contributed by atoms with Crippen LogP contribution in [0.25, 0.3) is 43.4 Å². The highest BCUT2D eigenvalue weighted by Gasteiger charge is 2.13. The Kier molecular flexibility index (Phi) is 3.01. The normalized spacial score (nSPS) is 11.4. The lowest BCUT2D eigenvalue weighted by molar-refractivity contribution is 0.478. The van der Waals surface area contributed by atoms with E-state index in [-0.39, 0.29) is 0 Å². The molecule has 0 unspecified atom stereocenters. The fraction of sp³-hybridized carbons (Fsp3) is 0. The van der Waals surface area contributed by atoms with Crippen LogP contribution in [-0.4, -0.2) is 5.11 Å². The molecule has 0 spiro atoms. The molecule has 0 bridgehead atoms. The molecule has 5 aromatic carbocycles. The van der Waals surface area contributed by atoms with Crippen LogP contribution in [0.5, 0.6) is 5.75 Å². The average Bonchev–Trinajstić information content (AvgIpc) is 2.66. The summed E-state index contributed by atoms with van der Waals surface area (Å²) in [4.78, 5) is 0. The van der Waals surface area contributed by atoms with E-state index in [1.165, 1.54) is 16.2 Å². The van der Waals surface area contributed by atoms with Crippen LogP contribution in [0.3, 0.4) is 0 Å². The van der Waals surface area contributed by atoms with Crippen molar-refractivity contribution < 1.29 is 5.11 Å². The van der Waals surface area contributed by atoms with Crippen molar-refractivity contribution in [1.82, 2.24) is 0 Å². The highest BCUT2D eigenvalue weighted by atomic mass is 16.3. The molecule has 0 amide bonds. The molecule has 0 radical (unpaired) electrons. The minimum atomic E-state index is 0.319. The highest BCUT2D eigenvalue weighted by molar-refractivity contribution is 6.11. The lowest BCUT2D eigenvalue weighted by Gasteiger charge is -2.13. The lowest BCUT2D eigenvalue weighted by Crippen LogP contribution is -1.86. The summed E-state index contributed by atoms with van der Waals surface area (Å²) in [6.45, 7) is 0. The minimum Gasteiger partial charge on any atom is -0.507 e. The number of phenolic OH excluding ortho intramolecular Hbond substituents is 1. The molecule has 1 N–H and O–H groups in total. The molecule has 1 heteroatoms. The van der Waals surface area contributed by atoms with Crippen molar-refractivity contribution in [2.45, 2.75) is 0 Å². The molecule has 0 aliphatic heterocycles. The van der Waals surface area contributed by atoms with Crippen molar-refractivity contribution >= 4 is 32.3 Å². The third-order valence-corrected chi connectivity index (χ3v) is 4.92. The first kappa shape index (κ1) is 14.1. The summed E-state index contributed by atoms with van der Waals surface area (Å²) in [5.74, 6) is 0.319.